The van der Waals surface area contributed by atoms with Crippen LogP contribution < -0.4 is 0 Å². The van der Waals surface area contributed by atoms with E-state index in [1.165, 1.54) is 11.5 Å². The highest BCUT2D eigenvalue weighted by atomic mass is 32.1. The van der Waals surface area contributed by atoms with Crippen molar-refractivity contribution < 1.29 is 14.3 Å². The monoisotopic (exact) mass is 241 g/mol. The van der Waals surface area contributed by atoms with Crippen molar-refractivity contribution >= 4 is 27.6 Å². The predicted molar refractivity (Wildman–Crippen MR) is 62.4 cm³/mol. The van der Waals surface area contributed by atoms with Crippen LogP contribution in [0, 0.1) is 19.7 Å². The Morgan fingerprint density at radius 2 is 2.00 bits per heavy atom. The third-order valence-corrected chi connectivity index (χ3v) is 2.83. The van der Waals surface area contributed by atoms with Crippen molar-refractivity contribution in [2.24, 2.45) is 0 Å². The van der Waals surface area contributed by atoms with Gasteiger partial charge < -0.3 is 5.11 Å². The molecule has 5 heteroatoms. The topological polar surface area (TPSA) is 50.2 Å². The minimum atomic E-state index is -0.833. The van der Waals surface area contributed by atoms with Crippen molar-refractivity contribution in [3.05, 3.63) is 29.2 Å². The van der Waals surface area contributed by atoms with Gasteiger partial charge in [0.2, 0.25) is 0 Å². The van der Waals surface area contributed by atoms with Crippen LogP contribution in [0.5, 0.6) is 0 Å². The summed E-state index contributed by atoms with van der Waals surface area (Å²) in [5, 5.41) is 8.49. The van der Waals surface area contributed by atoms with Crippen LogP contribution >= 0.6 is 11.5 Å². The van der Waals surface area contributed by atoms with Crippen LogP contribution in [0.4, 0.5) is 4.39 Å². The smallest absolute Gasteiger partial charge is 0.300 e. The van der Waals surface area contributed by atoms with Crippen molar-refractivity contribution in [1.29, 1.82) is 0 Å². The molecular formula is C11H12FNO2S. The van der Waals surface area contributed by atoms with Crippen molar-refractivity contribution in [2.45, 2.75) is 20.8 Å². The molecule has 0 saturated carbocycles. The van der Waals surface area contributed by atoms with Crippen molar-refractivity contribution in [2.75, 3.05) is 0 Å². The molecule has 0 atom stereocenters. The summed E-state index contributed by atoms with van der Waals surface area (Å²) in [6.07, 6.45) is 0. The Labute approximate surface area is 96.7 Å². The van der Waals surface area contributed by atoms with E-state index in [4.69, 9.17) is 9.90 Å². The molecule has 2 rings (SSSR count). The normalized spacial score (nSPS) is 9.75. The van der Waals surface area contributed by atoms with E-state index in [0.717, 1.165) is 22.7 Å². The molecule has 2 aromatic rings. The molecule has 16 heavy (non-hydrogen) atoms. The van der Waals surface area contributed by atoms with Crippen LogP contribution in [0.2, 0.25) is 0 Å². The van der Waals surface area contributed by atoms with Crippen LogP contribution in [-0.4, -0.2) is 15.4 Å². The summed E-state index contributed by atoms with van der Waals surface area (Å²) in [6.45, 7) is 4.79. The molecule has 0 aliphatic heterocycles. The first-order valence-electron chi connectivity index (χ1n) is 4.63. The summed E-state index contributed by atoms with van der Waals surface area (Å²) in [5.41, 5.74) is 1.67. The lowest BCUT2D eigenvalue weighted by Gasteiger charge is -1.95. The average Bonchev–Trinajstić information content (AvgIpc) is 2.49. The number of carboxylic acid groups (broad SMARTS) is 1. The highest BCUT2D eigenvalue weighted by Gasteiger charge is 2.05. The van der Waals surface area contributed by atoms with Crippen molar-refractivity contribution in [3.63, 3.8) is 0 Å². The largest absolute Gasteiger partial charge is 0.481 e. The van der Waals surface area contributed by atoms with E-state index in [0.29, 0.717) is 5.56 Å². The number of carbonyl (C=O) groups is 1. The molecule has 0 bridgehead atoms. The van der Waals surface area contributed by atoms with Gasteiger partial charge in [-0.05, 0) is 43.1 Å². The molecule has 0 unspecified atom stereocenters. The maximum Gasteiger partial charge on any atom is 0.300 e. The number of rotatable bonds is 0. The van der Waals surface area contributed by atoms with Crippen LogP contribution in [0.3, 0.4) is 0 Å². The fourth-order valence-corrected chi connectivity index (χ4v) is 1.98. The van der Waals surface area contributed by atoms with Crippen LogP contribution in [0.25, 0.3) is 10.1 Å². The SMILES string of the molecule is CC(=O)O.Cc1cc2c(C)nsc2cc1F. The minimum absolute atomic E-state index is 0.147. The number of aromatic nitrogens is 1. The molecule has 86 valence electrons. The molecule has 1 aromatic carbocycles. The molecule has 0 aliphatic rings. The predicted octanol–water partition coefficient (Wildman–Crippen LogP) is 3.14. The van der Waals surface area contributed by atoms with Gasteiger partial charge in [0.15, 0.2) is 0 Å². The second-order valence-electron chi connectivity index (χ2n) is 3.38. The Morgan fingerprint density at radius 1 is 1.44 bits per heavy atom. The zero-order valence-corrected chi connectivity index (χ0v) is 10.1. The highest BCUT2D eigenvalue weighted by Crippen LogP contribution is 2.24. The van der Waals surface area contributed by atoms with Gasteiger partial charge in [-0.25, -0.2) is 4.39 Å². The van der Waals surface area contributed by atoms with Crippen molar-refractivity contribution in [1.82, 2.24) is 4.37 Å². The Kier molecular flexibility index (Phi) is 3.95. The van der Waals surface area contributed by atoms with Crippen molar-refractivity contribution in [3.8, 4) is 0 Å². The number of hydrogen-bond donors (Lipinski definition) is 1. The number of fused-ring (bicyclic) bond motifs is 1. The Bertz CT molecular complexity index is 518. The van der Waals surface area contributed by atoms with Crippen LogP contribution in [0.1, 0.15) is 18.2 Å². The van der Waals surface area contributed by atoms with Gasteiger partial charge in [-0.15, -0.1) is 0 Å². The zero-order chi connectivity index (χ0) is 12.3. The lowest BCUT2D eigenvalue weighted by Crippen LogP contribution is -1.80. The second-order valence-corrected chi connectivity index (χ2v) is 4.19. The second kappa shape index (κ2) is 5.03. The highest BCUT2D eigenvalue weighted by molar-refractivity contribution is 7.13. The summed E-state index contributed by atoms with van der Waals surface area (Å²) in [7, 11) is 0. The van der Waals surface area contributed by atoms with E-state index in [2.05, 4.69) is 4.37 Å². The molecular weight excluding hydrogens is 229 g/mol. The Hall–Kier alpha value is -1.49. The molecule has 0 saturated heterocycles. The number of nitrogens with zero attached hydrogens (tertiary/aromatic N) is 1. The molecule has 0 aliphatic carbocycles. The Morgan fingerprint density at radius 3 is 2.56 bits per heavy atom. The third-order valence-electron chi connectivity index (χ3n) is 1.93. The standard InChI is InChI=1S/C9H8FNS.C2H4O2/c1-5-3-7-6(2)11-12-9(7)4-8(5)10;1-2(3)4/h3-4H,1-2H3;1H3,(H,3,4). The van der Waals surface area contributed by atoms with Gasteiger partial charge in [0.1, 0.15) is 5.82 Å². The van der Waals surface area contributed by atoms with E-state index in [-0.39, 0.29) is 5.82 Å². The van der Waals surface area contributed by atoms with Gasteiger partial charge in [0.25, 0.3) is 5.97 Å². The van der Waals surface area contributed by atoms with Gasteiger partial charge in [-0.3, -0.25) is 4.79 Å². The molecule has 3 nitrogen and oxygen atoms in total. The summed E-state index contributed by atoms with van der Waals surface area (Å²) in [6, 6.07) is 3.40. The summed E-state index contributed by atoms with van der Waals surface area (Å²) >= 11 is 1.35. The summed E-state index contributed by atoms with van der Waals surface area (Å²) < 4.78 is 18.1. The summed E-state index contributed by atoms with van der Waals surface area (Å²) in [4.78, 5) is 9.00. The minimum Gasteiger partial charge on any atom is -0.481 e. The van der Waals surface area contributed by atoms with E-state index < -0.39 is 5.97 Å². The molecule has 0 radical (unpaired) electrons. The lowest BCUT2D eigenvalue weighted by molar-refractivity contribution is -0.134. The van der Waals surface area contributed by atoms with E-state index in [1.807, 2.05) is 13.0 Å². The average molecular weight is 241 g/mol. The van der Waals surface area contributed by atoms with Crippen LogP contribution in [-0.2, 0) is 4.79 Å². The first kappa shape index (κ1) is 12.6. The lowest BCUT2D eigenvalue weighted by atomic mass is 10.1. The fraction of sp³-hybridized carbons (Fsp3) is 0.273. The molecule has 0 fully saturated rings. The van der Waals surface area contributed by atoms with Gasteiger partial charge in [0, 0.05) is 12.3 Å². The quantitative estimate of drug-likeness (QED) is 0.770. The van der Waals surface area contributed by atoms with Gasteiger partial charge >= 0.3 is 0 Å². The number of hydrogen-bond acceptors (Lipinski definition) is 3. The number of halogens is 1. The number of carboxylic acids is 1. The van der Waals surface area contributed by atoms with E-state index in [1.54, 1.807) is 13.0 Å². The van der Waals surface area contributed by atoms with Gasteiger partial charge in [-0.2, -0.15) is 4.37 Å². The zero-order valence-electron chi connectivity index (χ0n) is 9.24. The summed E-state index contributed by atoms with van der Waals surface area (Å²) in [5.74, 6) is -0.980. The number of aliphatic carboxylic acids is 1. The molecule has 1 aromatic heterocycles. The number of benzene rings is 1. The third kappa shape index (κ3) is 3.00. The first-order chi connectivity index (χ1) is 7.41. The molecule has 1 heterocycles. The van der Waals surface area contributed by atoms with E-state index in [9.17, 15) is 4.39 Å². The molecule has 0 spiro atoms. The Balaban J connectivity index is 0.000000280. The molecule has 0 amide bonds. The van der Waals surface area contributed by atoms with E-state index >= 15 is 0 Å². The fourth-order valence-electron chi connectivity index (χ4n) is 1.19. The van der Waals surface area contributed by atoms with Gasteiger partial charge in [0.05, 0.1) is 10.4 Å². The maximum absolute atomic E-state index is 13.0. The maximum atomic E-state index is 13.0. The molecule has 1 N–H and O–H groups in total. The van der Waals surface area contributed by atoms with Crippen LogP contribution in [0.15, 0.2) is 12.1 Å². The number of aryl methyl sites for hydroxylation is 2. The first-order valence-corrected chi connectivity index (χ1v) is 5.41. The van der Waals surface area contributed by atoms with Gasteiger partial charge in [-0.1, -0.05) is 0 Å².